The molecule has 4 aromatic carbocycles. The minimum Gasteiger partial charge on any atom is -0.487 e. The standard InChI is InChI=1S/C29H22Br2N2O2S/c1-2-18-8-11-23(12-9-18)32-29-33-28(34)26(36-29)16-20-14-24(30)27(25(31)15-20)35-17-19-7-10-21-5-3-4-6-22(21)13-19/h3-16H,2,17H2,1H3,(H,32,33,34)/b26-16-. The molecule has 1 saturated heterocycles. The van der Waals surface area contributed by atoms with E-state index in [-0.39, 0.29) is 5.91 Å². The van der Waals surface area contributed by atoms with E-state index in [2.05, 4.69) is 91.6 Å². The Hall–Kier alpha value is -2.87. The average Bonchev–Trinajstić information content (AvgIpc) is 3.22. The zero-order valence-corrected chi connectivity index (χ0v) is 23.4. The molecule has 0 spiro atoms. The first-order chi connectivity index (χ1) is 17.5. The highest BCUT2D eigenvalue weighted by Gasteiger charge is 2.24. The van der Waals surface area contributed by atoms with Crippen LogP contribution in [0.15, 0.2) is 97.7 Å². The molecular formula is C29H22Br2N2O2S. The maximum Gasteiger partial charge on any atom is 0.264 e. The molecule has 1 amide bonds. The number of aryl methyl sites for hydroxylation is 1. The van der Waals surface area contributed by atoms with Crippen LogP contribution in [-0.2, 0) is 17.8 Å². The van der Waals surface area contributed by atoms with E-state index in [1.54, 1.807) is 0 Å². The van der Waals surface area contributed by atoms with Crippen LogP contribution < -0.4 is 10.1 Å². The third-order valence-electron chi connectivity index (χ3n) is 5.74. The van der Waals surface area contributed by atoms with Crippen LogP contribution in [0.4, 0.5) is 5.69 Å². The van der Waals surface area contributed by atoms with E-state index in [4.69, 9.17) is 4.74 Å². The molecule has 180 valence electrons. The van der Waals surface area contributed by atoms with Gasteiger partial charge in [0.1, 0.15) is 12.4 Å². The Morgan fingerprint density at radius 2 is 1.61 bits per heavy atom. The number of thioether (sulfide) groups is 1. The van der Waals surface area contributed by atoms with Gasteiger partial charge in [0.2, 0.25) is 0 Å². The van der Waals surface area contributed by atoms with E-state index in [0.717, 1.165) is 32.2 Å². The molecule has 1 fully saturated rings. The van der Waals surface area contributed by atoms with E-state index < -0.39 is 0 Å². The molecule has 4 aromatic rings. The number of halogens is 2. The summed E-state index contributed by atoms with van der Waals surface area (Å²) in [7, 11) is 0. The fourth-order valence-corrected chi connectivity index (χ4v) is 6.13. The number of amides is 1. The number of rotatable bonds is 6. The zero-order chi connectivity index (χ0) is 25.1. The number of benzene rings is 4. The predicted molar refractivity (Wildman–Crippen MR) is 157 cm³/mol. The fraction of sp³-hybridized carbons (Fsp3) is 0.103. The van der Waals surface area contributed by atoms with Crippen LogP contribution in [0.25, 0.3) is 16.8 Å². The van der Waals surface area contributed by atoms with Crippen LogP contribution in [0.1, 0.15) is 23.6 Å². The highest BCUT2D eigenvalue weighted by atomic mass is 79.9. The van der Waals surface area contributed by atoms with Crippen molar-refractivity contribution in [2.24, 2.45) is 4.99 Å². The first kappa shape index (κ1) is 24.8. The Bertz CT molecular complexity index is 1490. The smallest absolute Gasteiger partial charge is 0.264 e. The fourth-order valence-electron chi connectivity index (χ4n) is 3.84. The highest BCUT2D eigenvalue weighted by molar-refractivity contribution is 9.11. The van der Waals surface area contributed by atoms with Gasteiger partial charge in [-0.2, -0.15) is 0 Å². The highest BCUT2D eigenvalue weighted by Crippen LogP contribution is 2.37. The molecule has 1 aliphatic heterocycles. The van der Waals surface area contributed by atoms with Crippen molar-refractivity contribution < 1.29 is 9.53 Å². The number of carbonyl (C=O) groups excluding carboxylic acids is 1. The number of fused-ring (bicyclic) bond motifs is 1. The summed E-state index contributed by atoms with van der Waals surface area (Å²) in [5.74, 6) is 0.555. The summed E-state index contributed by atoms with van der Waals surface area (Å²) in [6.45, 7) is 2.56. The van der Waals surface area contributed by atoms with Crippen LogP contribution in [0.3, 0.4) is 0 Å². The number of aliphatic imine (C=N–C) groups is 1. The topological polar surface area (TPSA) is 50.7 Å². The molecule has 1 N–H and O–H groups in total. The Balaban J connectivity index is 1.30. The van der Waals surface area contributed by atoms with Crippen molar-refractivity contribution in [3.05, 3.63) is 109 Å². The summed E-state index contributed by atoms with van der Waals surface area (Å²) >= 11 is 8.59. The molecule has 0 unspecified atom stereocenters. The third-order valence-corrected chi connectivity index (χ3v) is 7.83. The molecular weight excluding hydrogens is 600 g/mol. The van der Waals surface area contributed by atoms with Gasteiger partial charge in [-0.25, -0.2) is 4.99 Å². The normalized spacial score (nSPS) is 15.6. The minimum absolute atomic E-state index is 0.159. The molecule has 0 bridgehead atoms. The van der Waals surface area contributed by atoms with Gasteiger partial charge in [0, 0.05) is 0 Å². The van der Waals surface area contributed by atoms with Gasteiger partial charge in [-0.1, -0.05) is 55.5 Å². The zero-order valence-electron chi connectivity index (χ0n) is 19.4. The van der Waals surface area contributed by atoms with Gasteiger partial charge in [0.15, 0.2) is 5.17 Å². The van der Waals surface area contributed by atoms with E-state index in [0.29, 0.717) is 22.4 Å². The lowest BCUT2D eigenvalue weighted by atomic mass is 10.1. The van der Waals surface area contributed by atoms with Gasteiger partial charge in [-0.05, 0) is 114 Å². The van der Waals surface area contributed by atoms with Crippen molar-refractivity contribution in [3.63, 3.8) is 0 Å². The number of amidine groups is 1. The van der Waals surface area contributed by atoms with Crippen LogP contribution in [0, 0.1) is 0 Å². The Morgan fingerprint density at radius 1 is 0.917 bits per heavy atom. The van der Waals surface area contributed by atoms with Crippen molar-refractivity contribution in [2.75, 3.05) is 0 Å². The number of nitrogens with one attached hydrogen (secondary N) is 1. The van der Waals surface area contributed by atoms with Crippen molar-refractivity contribution in [3.8, 4) is 5.75 Å². The minimum atomic E-state index is -0.159. The number of nitrogens with zero attached hydrogens (tertiary/aromatic N) is 1. The molecule has 0 aromatic heterocycles. The van der Waals surface area contributed by atoms with Gasteiger partial charge >= 0.3 is 0 Å². The van der Waals surface area contributed by atoms with Crippen LogP contribution in [0.2, 0.25) is 0 Å². The Morgan fingerprint density at radius 3 is 2.33 bits per heavy atom. The number of hydrogen-bond acceptors (Lipinski definition) is 4. The third kappa shape index (κ3) is 5.75. The summed E-state index contributed by atoms with van der Waals surface area (Å²) in [5.41, 5.74) is 4.03. The SMILES string of the molecule is CCc1ccc(N=C2NC(=O)/C(=C/c3cc(Br)c(OCc4ccc5ccccc5c4)c(Br)c3)S2)cc1. The maximum absolute atomic E-state index is 12.5. The van der Waals surface area contributed by atoms with Crippen molar-refractivity contribution in [2.45, 2.75) is 20.0 Å². The molecule has 36 heavy (non-hydrogen) atoms. The quantitative estimate of drug-likeness (QED) is 0.220. The molecule has 1 heterocycles. The van der Waals surface area contributed by atoms with Crippen molar-refractivity contribution in [1.29, 1.82) is 0 Å². The molecule has 0 atom stereocenters. The second kappa shape index (κ2) is 11.0. The summed E-state index contributed by atoms with van der Waals surface area (Å²) in [5, 5.41) is 5.82. The van der Waals surface area contributed by atoms with Crippen LogP contribution >= 0.6 is 43.6 Å². The van der Waals surface area contributed by atoms with Gasteiger partial charge in [0.05, 0.1) is 19.5 Å². The molecule has 4 nitrogen and oxygen atoms in total. The molecule has 0 saturated carbocycles. The average molecular weight is 622 g/mol. The van der Waals surface area contributed by atoms with E-state index in [9.17, 15) is 4.79 Å². The summed E-state index contributed by atoms with van der Waals surface area (Å²) in [6, 6.07) is 26.5. The molecule has 5 rings (SSSR count). The maximum atomic E-state index is 12.5. The van der Waals surface area contributed by atoms with E-state index in [1.807, 2.05) is 42.5 Å². The second-order valence-electron chi connectivity index (χ2n) is 8.29. The molecule has 7 heteroatoms. The van der Waals surface area contributed by atoms with Gasteiger partial charge in [0.25, 0.3) is 5.91 Å². The molecule has 0 radical (unpaired) electrons. The lowest BCUT2D eigenvalue weighted by Crippen LogP contribution is -2.19. The second-order valence-corrected chi connectivity index (χ2v) is 11.0. The monoisotopic (exact) mass is 620 g/mol. The Kier molecular flexibility index (Phi) is 7.60. The number of hydrogen-bond donors (Lipinski definition) is 1. The number of ether oxygens (including phenoxy) is 1. The Labute approximate surface area is 231 Å². The van der Waals surface area contributed by atoms with Crippen LogP contribution in [0.5, 0.6) is 5.75 Å². The van der Waals surface area contributed by atoms with E-state index in [1.165, 1.54) is 28.1 Å². The number of carbonyl (C=O) groups is 1. The largest absolute Gasteiger partial charge is 0.487 e. The van der Waals surface area contributed by atoms with Crippen LogP contribution in [-0.4, -0.2) is 11.1 Å². The van der Waals surface area contributed by atoms with Gasteiger partial charge < -0.3 is 10.1 Å². The lowest BCUT2D eigenvalue weighted by molar-refractivity contribution is -0.115. The summed E-state index contributed by atoms with van der Waals surface area (Å²) in [6.07, 6.45) is 2.83. The lowest BCUT2D eigenvalue weighted by Gasteiger charge is -2.12. The summed E-state index contributed by atoms with van der Waals surface area (Å²) in [4.78, 5) is 17.7. The van der Waals surface area contributed by atoms with Gasteiger partial charge in [-0.15, -0.1) is 0 Å². The predicted octanol–water partition coefficient (Wildman–Crippen LogP) is 8.40. The first-order valence-electron chi connectivity index (χ1n) is 11.5. The first-order valence-corrected chi connectivity index (χ1v) is 13.9. The van der Waals surface area contributed by atoms with Crippen molar-refractivity contribution in [1.82, 2.24) is 5.32 Å². The summed E-state index contributed by atoms with van der Waals surface area (Å²) < 4.78 is 7.74. The molecule has 1 aliphatic rings. The van der Waals surface area contributed by atoms with Gasteiger partial charge in [-0.3, -0.25) is 4.79 Å². The molecule has 0 aliphatic carbocycles. The van der Waals surface area contributed by atoms with Crippen molar-refractivity contribution >= 4 is 77.2 Å². The van der Waals surface area contributed by atoms with E-state index >= 15 is 0 Å².